The zero-order valence-electron chi connectivity index (χ0n) is 6.67. The van der Waals surface area contributed by atoms with Crippen LogP contribution in [0.1, 0.15) is 26.2 Å². The van der Waals surface area contributed by atoms with E-state index < -0.39 is 0 Å². The summed E-state index contributed by atoms with van der Waals surface area (Å²) in [5, 5.41) is 0. The SMILES string of the molecule is C[C@]12C(=O)O[C@H]3CC[C@H]1C[C@@H]32. The summed E-state index contributed by atoms with van der Waals surface area (Å²) < 4.78 is 5.30. The third-order valence-electron chi connectivity index (χ3n) is 4.10. The molecule has 2 heteroatoms. The van der Waals surface area contributed by atoms with Gasteiger partial charge in [-0.1, -0.05) is 0 Å². The van der Waals surface area contributed by atoms with Gasteiger partial charge in [0.25, 0.3) is 0 Å². The number of hydrogen-bond acceptors (Lipinski definition) is 2. The van der Waals surface area contributed by atoms with Crippen LogP contribution >= 0.6 is 0 Å². The summed E-state index contributed by atoms with van der Waals surface area (Å²) in [6.45, 7) is 2.09. The normalized spacial score (nSPS) is 58.6. The first kappa shape index (κ1) is 6.04. The Balaban J connectivity index is 2.09. The topological polar surface area (TPSA) is 26.3 Å². The maximum Gasteiger partial charge on any atom is 0.312 e. The highest BCUT2D eigenvalue weighted by molar-refractivity contribution is 5.81. The summed E-state index contributed by atoms with van der Waals surface area (Å²) in [7, 11) is 0. The van der Waals surface area contributed by atoms with Crippen LogP contribution in [-0.2, 0) is 9.53 Å². The second-order valence-electron chi connectivity index (χ2n) is 4.34. The summed E-state index contributed by atoms with van der Waals surface area (Å²) in [6, 6.07) is 0. The molecular weight excluding hydrogens is 140 g/mol. The van der Waals surface area contributed by atoms with E-state index in [1.807, 2.05) is 0 Å². The molecule has 3 aliphatic carbocycles. The number of hydrogen-bond donors (Lipinski definition) is 0. The maximum atomic E-state index is 11.4. The van der Waals surface area contributed by atoms with Crippen molar-refractivity contribution in [3.05, 3.63) is 0 Å². The quantitative estimate of drug-likeness (QED) is 0.490. The molecule has 60 valence electrons. The van der Waals surface area contributed by atoms with Crippen LogP contribution in [0.15, 0.2) is 0 Å². The van der Waals surface area contributed by atoms with Crippen LogP contribution < -0.4 is 0 Å². The monoisotopic (exact) mass is 152 g/mol. The molecule has 1 saturated heterocycles. The Labute approximate surface area is 65.9 Å². The van der Waals surface area contributed by atoms with E-state index in [1.165, 1.54) is 12.8 Å². The molecule has 0 spiro atoms. The molecule has 0 radical (unpaired) electrons. The second-order valence-corrected chi connectivity index (χ2v) is 4.34. The van der Waals surface area contributed by atoms with E-state index in [-0.39, 0.29) is 17.5 Å². The Bertz CT molecular complexity index is 234. The van der Waals surface area contributed by atoms with Gasteiger partial charge in [-0.15, -0.1) is 0 Å². The largest absolute Gasteiger partial charge is 0.462 e. The highest BCUT2D eigenvalue weighted by Crippen LogP contribution is 2.64. The van der Waals surface area contributed by atoms with Gasteiger partial charge >= 0.3 is 5.97 Å². The van der Waals surface area contributed by atoms with Gasteiger partial charge in [0.05, 0.1) is 5.41 Å². The van der Waals surface area contributed by atoms with E-state index >= 15 is 0 Å². The molecule has 4 bridgehead atoms. The van der Waals surface area contributed by atoms with Gasteiger partial charge in [-0.05, 0) is 32.1 Å². The van der Waals surface area contributed by atoms with Crippen molar-refractivity contribution in [3.63, 3.8) is 0 Å². The first-order valence-corrected chi connectivity index (χ1v) is 4.44. The first-order chi connectivity index (χ1) is 5.23. The van der Waals surface area contributed by atoms with Gasteiger partial charge in [0.1, 0.15) is 6.10 Å². The lowest BCUT2D eigenvalue weighted by Crippen LogP contribution is -2.53. The van der Waals surface area contributed by atoms with Gasteiger partial charge in [-0.2, -0.15) is 0 Å². The van der Waals surface area contributed by atoms with Gasteiger partial charge in [0, 0.05) is 5.92 Å². The first-order valence-electron chi connectivity index (χ1n) is 4.44. The van der Waals surface area contributed by atoms with Crippen molar-refractivity contribution in [3.8, 4) is 0 Å². The molecule has 4 fully saturated rings. The van der Waals surface area contributed by atoms with Gasteiger partial charge in [0.2, 0.25) is 0 Å². The number of ether oxygens (including phenoxy) is 1. The average molecular weight is 152 g/mol. The zero-order valence-corrected chi connectivity index (χ0v) is 6.67. The van der Waals surface area contributed by atoms with Crippen LogP contribution in [0, 0.1) is 17.3 Å². The molecule has 0 N–H and O–H groups in total. The van der Waals surface area contributed by atoms with Crippen LogP contribution in [0.2, 0.25) is 0 Å². The molecular formula is C9H12O2. The highest BCUT2D eigenvalue weighted by atomic mass is 16.6. The van der Waals surface area contributed by atoms with E-state index in [0.29, 0.717) is 11.8 Å². The summed E-state index contributed by atoms with van der Waals surface area (Å²) in [5.41, 5.74) is -0.0527. The van der Waals surface area contributed by atoms with Crippen LogP contribution in [-0.4, -0.2) is 12.1 Å². The minimum Gasteiger partial charge on any atom is -0.462 e. The summed E-state index contributed by atoms with van der Waals surface area (Å²) >= 11 is 0. The fourth-order valence-electron chi connectivity index (χ4n) is 3.18. The molecule has 0 aromatic rings. The lowest BCUT2D eigenvalue weighted by atomic mass is 9.48. The number of carbonyl (C=O) groups excluding carboxylic acids is 1. The molecule has 4 atom stereocenters. The minimum atomic E-state index is -0.0527. The average Bonchev–Trinajstić information content (AvgIpc) is 2.12. The number of fused-ring (bicyclic) bond motifs is 1. The van der Waals surface area contributed by atoms with E-state index in [2.05, 4.69) is 6.92 Å². The fraction of sp³-hybridized carbons (Fsp3) is 0.889. The molecule has 0 unspecified atom stereocenters. The van der Waals surface area contributed by atoms with Crippen LogP contribution in [0.5, 0.6) is 0 Å². The number of esters is 1. The molecule has 11 heavy (non-hydrogen) atoms. The molecule has 0 aromatic carbocycles. The van der Waals surface area contributed by atoms with E-state index in [1.54, 1.807) is 0 Å². The highest BCUT2D eigenvalue weighted by Gasteiger charge is 2.67. The van der Waals surface area contributed by atoms with E-state index in [9.17, 15) is 4.79 Å². The lowest BCUT2D eigenvalue weighted by Gasteiger charge is -2.51. The van der Waals surface area contributed by atoms with Gasteiger partial charge < -0.3 is 4.74 Å². The van der Waals surface area contributed by atoms with Gasteiger partial charge in [0.15, 0.2) is 0 Å². The van der Waals surface area contributed by atoms with Crippen molar-refractivity contribution in [1.29, 1.82) is 0 Å². The molecule has 2 nitrogen and oxygen atoms in total. The van der Waals surface area contributed by atoms with E-state index in [4.69, 9.17) is 4.74 Å². The minimum absolute atomic E-state index is 0.0527. The Morgan fingerprint density at radius 1 is 1.55 bits per heavy atom. The smallest absolute Gasteiger partial charge is 0.312 e. The van der Waals surface area contributed by atoms with Gasteiger partial charge in [-0.3, -0.25) is 4.79 Å². The summed E-state index contributed by atoms with van der Waals surface area (Å²) in [5.74, 6) is 1.31. The van der Waals surface area contributed by atoms with Crippen molar-refractivity contribution in [2.75, 3.05) is 0 Å². The summed E-state index contributed by atoms with van der Waals surface area (Å²) in [4.78, 5) is 11.4. The molecule has 3 saturated carbocycles. The predicted octanol–water partition coefficient (Wildman–Crippen LogP) is 1.35. The molecule has 1 aliphatic heterocycles. The summed E-state index contributed by atoms with van der Waals surface area (Å²) in [6.07, 6.45) is 3.87. The van der Waals surface area contributed by atoms with Crippen LogP contribution in [0.3, 0.4) is 0 Å². The van der Waals surface area contributed by atoms with Crippen LogP contribution in [0.25, 0.3) is 0 Å². The van der Waals surface area contributed by atoms with Crippen molar-refractivity contribution in [1.82, 2.24) is 0 Å². The van der Waals surface area contributed by atoms with Crippen molar-refractivity contribution < 1.29 is 9.53 Å². The van der Waals surface area contributed by atoms with Crippen molar-refractivity contribution >= 4 is 5.97 Å². The predicted molar refractivity (Wildman–Crippen MR) is 38.8 cm³/mol. The number of rotatable bonds is 0. The Morgan fingerprint density at radius 3 is 2.91 bits per heavy atom. The Morgan fingerprint density at radius 2 is 2.36 bits per heavy atom. The third kappa shape index (κ3) is 0.445. The van der Waals surface area contributed by atoms with Crippen LogP contribution in [0.4, 0.5) is 0 Å². The second kappa shape index (κ2) is 1.47. The van der Waals surface area contributed by atoms with E-state index in [0.717, 1.165) is 6.42 Å². The maximum absolute atomic E-state index is 11.4. The van der Waals surface area contributed by atoms with Crippen molar-refractivity contribution in [2.45, 2.75) is 32.3 Å². The molecule has 0 aromatic heterocycles. The lowest BCUT2D eigenvalue weighted by molar-refractivity contribution is -0.152. The molecule has 4 aliphatic rings. The molecule has 4 rings (SSSR count). The number of carbonyl (C=O) groups is 1. The fourth-order valence-corrected chi connectivity index (χ4v) is 3.18. The molecule has 0 amide bonds. The third-order valence-corrected chi connectivity index (χ3v) is 4.10. The Kier molecular flexibility index (Phi) is 0.809. The molecule has 1 heterocycles. The zero-order chi connectivity index (χ0) is 7.64. The Hall–Kier alpha value is -0.530. The van der Waals surface area contributed by atoms with Gasteiger partial charge in [-0.25, -0.2) is 0 Å². The van der Waals surface area contributed by atoms with Crippen molar-refractivity contribution in [2.24, 2.45) is 17.3 Å². The standard InChI is InChI=1S/C9H12O2/c1-9-5-2-3-7(6(9)4-5)11-8(9)10/h5-7H,2-4H2,1H3/t5-,6-,7-,9-/m0/s1.